The van der Waals surface area contributed by atoms with E-state index in [9.17, 15) is 0 Å². The zero-order chi connectivity index (χ0) is 34.4. The van der Waals surface area contributed by atoms with Crippen LogP contribution in [0, 0.1) is 0 Å². The van der Waals surface area contributed by atoms with Crippen LogP contribution >= 0.6 is 0 Å². The van der Waals surface area contributed by atoms with Gasteiger partial charge < -0.3 is 15.0 Å². The summed E-state index contributed by atoms with van der Waals surface area (Å²) in [6.07, 6.45) is 14.8. The van der Waals surface area contributed by atoms with E-state index in [1.54, 1.807) is 0 Å². The lowest BCUT2D eigenvalue weighted by Gasteiger charge is -2.33. The maximum absolute atomic E-state index is 6.70. The third-order valence-electron chi connectivity index (χ3n) is 11.1. The molecule has 0 radical (unpaired) electrons. The van der Waals surface area contributed by atoms with Crippen molar-refractivity contribution in [2.75, 3.05) is 10.2 Å². The highest BCUT2D eigenvalue weighted by Crippen LogP contribution is 2.56. The number of ether oxygens (including phenoxy) is 1. The Labute approximate surface area is 305 Å². The van der Waals surface area contributed by atoms with E-state index in [1.165, 1.54) is 39.2 Å². The largest absolute Gasteiger partial charge is 0.464 e. The van der Waals surface area contributed by atoms with Gasteiger partial charge in [0.25, 0.3) is 0 Å². The van der Waals surface area contributed by atoms with Crippen molar-refractivity contribution in [3.05, 3.63) is 192 Å². The summed E-state index contributed by atoms with van der Waals surface area (Å²) in [4.78, 5) is 7.87. The van der Waals surface area contributed by atoms with E-state index in [0.29, 0.717) is 12.0 Å². The summed E-state index contributed by atoms with van der Waals surface area (Å²) in [6.45, 7) is 0. The Balaban J connectivity index is 0.966. The maximum Gasteiger partial charge on any atom is 0.196 e. The number of nitrogens with zero attached hydrogens (tertiary/aromatic N) is 2. The van der Waals surface area contributed by atoms with Crippen molar-refractivity contribution in [1.29, 1.82) is 0 Å². The second kappa shape index (κ2) is 12.9. The molecule has 6 aromatic rings. The first kappa shape index (κ1) is 30.7. The van der Waals surface area contributed by atoms with Crippen LogP contribution in [-0.2, 0) is 0 Å². The van der Waals surface area contributed by atoms with Crippen LogP contribution in [0.4, 0.5) is 11.4 Å². The van der Waals surface area contributed by atoms with Crippen molar-refractivity contribution in [3.63, 3.8) is 0 Å². The van der Waals surface area contributed by atoms with Gasteiger partial charge >= 0.3 is 0 Å². The molecule has 4 aliphatic rings. The van der Waals surface area contributed by atoms with Crippen LogP contribution in [0.15, 0.2) is 176 Å². The fourth-order valence-corrected chi connectivity index (χ4v) is 8.49. The van der Waals surface area contributed by atoms with Crippen molar-refractivity contribution in [1.82, 2.24) is 4.98 Å². The molecule has 1 N–H and O–H groups in total. The van der Waals surface area contributed by atoms with Crippen molar-refractivity contribution < 1.29 is 4.74 Å². The van der Waals surface area contributed by atoms with Crippen molar-refractivity contribution >= 4 is 11.4 Å². The van der Waals surface area contributed by atoms with Crippen molar-refractivity contribution in [2.45, 2.75) is 43.4 Å². The van der Waals surface area contributed by atoms with Gasteiger partial charge in [-0.3, -0.25) is 4.98 Å². The predicted octanol–water partition coefficient (Wildman–Crippen LogP) is 11.8. The lowest BCUT2D eigenvalue weighted by Crippen LogP contribution is -2.34. The van der Waals surface area contributed by atoms with E-state index in [-0.39, 0.29) is 12.1 Å². The Morgan fingerprint density at radius 3 is 2.10 bits per heavy atom. The maximum atomic E-state index is 6.70. The summed E-state index contributed by atoms with van der Waals surface area (Å²) in [5.41, 5.74) is 14.1. The smallest absolute Gasteiger partial charge is 0.196 e. The first-order chi connectivity index (χ1) is 25.8. The molecule has 2 aliphatic carbocycles. The van der Waals surface area contributed by atoms with E-state index in [0.717, 1.165) is 53.2 Å². The number of nitrogens with one attached hydrogen (secondary N) is 1. The molecule has 0 saturated heterocycles. The summed E-state index contributed by atoms with van der Waals surface area (Å²) < 4.78 is 6.70. The van der Waals surface area contributed by atoms with Gasteiger partial charge in [0.1, 0.15) is 0 Å². The zero-order valence-electron chi connectivity index (χ0n) is 28.9. The molecule has 0 bridgehead atoms. The number of benzene rings is 5. The number of allylic oxidation sites excluding steroid dienone is 4. The lowest BCUT2D eigenvalue weighted by molar-refractivity contribution is 0.257. The quantitative estimate of drug-likeness (QED) is 0.179. The standard InChI is InChI=1S/C48H39N3O/c1-4-12-32(13-5-1)33-20-22-34(23-21-33)38-30-42(35-14-6-2-7-15-35)49-43(31-38)36-24-26-39(27-25-36)51-44-19-11-10-18-40(44)46-45(51)29-28-41-47(46)52-48(50-41)37-16-8-3-9-17-37/h1-10,12-18,20-24,26-31,36,40,44,48,50H,11,19,25H2. The van der Waals surface area contributed by atoms with Gasteiger partial charge in [0, 0.05) is 51.6 Å². The summed E-state index contributed by atoms with van der Waals surface area (Å²) in [5.74, 6) is 1.47. The van der Waals surface area contributed by atoms with Crippen LogP contribution in [0.5, 0.6) is 5.75 Å². The topological polar surface area (TPSA) is 37.4 Å². The molecule has 0 saturated carbocycles. The third kappa shape index (κ3) is 5.43. The van der Waals surface area contributed by atoms with Crippen LogP contribution < -0.4 is 15.0 Å². The molecule has 0 spiro atoms. The monoisotopic (exact) mass is 673 g/mol. The van der Waals surface area contributed by atoms with E-state index < -0.39 is 0 Å². The van der Waals surface area contributed by atoms with Crippen LogP contribution in [-0.4, -0.2) is 11.0 Å². The number of hydrogen-bond acceptors (Lipinski definition) is 4. The van der Waals surface area contributed by atoms with E-state index in [2.05, 4.69) is 174 Å². The molecule has 4 nitrogen and oxygen atoms in total. The van der Waals surface area contributed by atoms with Gasteiger partial charge in [-0.1, -0.05) is 140 Å². The minimum Gasteiger partial charge on any atom is -0.464 e. The highest BCUT2D eigenvalue weighted by molar-refractivity contribution is 5.80. The van der Waals surface area contributed by atoms with Gasteiger partial charge in [-0.05, 0) is 71.9 Å². The number of fused-ring (bicyclic) bond motifs is 5. The average molecular weight is 674 g/mol. The minimum absolute atomic E-state index is 0.178. The molecule has 52 heavy (non-hydrogen) atoms. The van der Waals surface area contributed by atoms with Gasteiger partial charge in [-0.2, -0.15) is 0 Å². The van der Waals surface area contributed by atoms with Gasteiger partial charge in [0.05, 0.1) is 11.4 Å². The number of aromatic nitrogens is 1. The summed E-state index contributed by atoms with van der Waals surface area (Å²) in [6, 6.07) is 49.9. The molecule has 252 valence electrons. The lowest BCUT2D eigenvalue weighted by atomic mass is 9.86. The highest BCUT2D eigenvalue weighted by Gasteiger charge is 2.44. The summed E-state index contributed by atoms with van der Waals surface area (Å²) in [7, 11) is 0. The first-order valence-electron chi connectivity index (χ1n) is 18.5. The summed E-state index contributed by atoms with van der Waals surface area (Å²) >= 11 is 0. The second-order valence-corrected chi connectivity index (χ2v) is 14.2. The molecule has 4 unspecified atom stereocenters. The molecule has 0 amide bonds. The van der Waals surface area contributed by atoms with E-state index in [1.807, 2.05) is 6.07 Å². The fourth-order valence-electron chi connectivity index (χ4n) is 8.49. The number of pyridine rings is 1. The molecule has 10 rings (SSSR count). The Kier molecular flexibility index (Phi) is 7.60. The second-order valence-electron chi connectivity index (χ2n) is 14.2. The zero-order valence-corrected chi connectivity index (χ0v) is 28.9. The van der Waals surface area contributed by atoms with Crippen LogP contribution in [0.3, 0.4) is 0 Å². The molecule has 5 aromatic carbocycles. The molecule has 4 heteroatoms. The molecule has 3 heterocycles. The highest BCUT2D eigenvalue weighted by atomic mass is 16.5. The molecule has 1 aromatic heterocycles. The summed E-state index contributed by atoms with van der Waals surface area (Å²) in [5, 5.41) is 3.64. The Morgan fingerprint density at radius 2 is 1.37 bits per heavy atom. The third-order valence-corrected chi connectivity index (χ3v) is 11.1. The van der Waals surface area contributed by atoms with Crippen LogP contribution in [0.25, 0.3) is 33.5 Å². The minimum atomic E-state index is -0.178. The van der Waals surface area contributed by atoms with Crippen LogP contribution in [0.2, 0.25) is 0 Å². The average Bonchev–Trinajstić information content (AvgIpc) is 3.82. The molecule has 4 atom stereocenters. The van der Waals surface area contributed by atoms with E-state index >= 15 is 0 Å². The van der Waals surface area contributed by atoms with Gasteiger partial charge in [0.15, 0.2) is 12.0 Å². The number of anilines is 2. The van der Waals surface area contributed by atoms with Gasteiger partial charge in [-0.25, -0.2) is 0 Å². The Hall–Kier alpha value is -6.13. The van der Waals surface area contributed by atoms with Crippen molar-refractivity contribution in [2.24, 2.45) is 0 Å². The predicted molar refractivity (Wildman–Crippen MR) is 212 cm³/mol. The molecule has 0 fully saturated rings. The molecular formula is C48H39N3O. The van der Waals surface area contributed by atoms with Crippen LogP contribution in [0.1, 0.15) is 54.1 Å². The normalized spacial score (nSPS) is 21.1. The SMILES string of the molecule is C1=CC2c3c(ccc4c3OC(c3ccccc3)N4)N(C3=CCC(c4cc(-c5ccc(-c6ccccc6)cc5)cc(-c5ccccc5)n4)C=C3)C2CC1. The molecule has 2 aliphatic heterocycles. The Morgan fingerprint density at radius 1 is 0.673 bits per heavy atom. The van der Waals surface area contributed by atoms with Crippen molar-refractivity contribution in [3.8, 4) is 39.3 Å². The molecular weight excluding hydrogens is 635 g/mol. The first-order valence-corrected chi connectivity index (χ1v) is 18.5. The number of rotatable bonds is 6. The van der Waals surface area contributed by atoms with Gasteiger partial charge in [0.2, 0.25) is 0 Å². The fraction of sp³-hybridized carbons (Fsp3) is 0.146. The Bertz CT molecular complexity index is 2350. The number of hydrogen-bond donors (Lipinski definition) is 1. The van der Waals surface area contributed by atoms with Gasteiger partial charge in [-0.15, -0.1) is 0 Å². The van der Waals surface area contributed by atoms with E-state index in [4.69, 9.17) is 9.72 Å².